The Morgan fingerprint density at radius 2 is 1.89 bits per heavy atom. The molecule has 3 rings (SSSR count). The van der Waals surface area contributed by atoms with Crippen LogP contribution in [0, 0.1) is 0 Å². The Balaban J connectivity index is 1.69. The van der Waals surface area contributed by atoms with Gasteiger partial charge in [-0.3, -0.25) is 4.79 Å². The van der Waals surface area contributed by atoms with Gasteiger partial charge < -0.3 is 14.5 Å². The lowest BCUT2D eigenvalue weighted by Gasteiger charge is -2.25. The van der Waals surface area contributed by atoms with E-state index in [9.17, 15) is 4.79 Å². The van der Waals surface area contributed by atoms with E-state index < -0.39 is 0 Å². The number of amides is 1. The number of ether oxygens (including phenoxy) is 1. The van der Waals surface area contributed by atoms with Crippen LogP contribution >= 0.6 is 23.2 Å². The van der Waals surface area contributed by atoms with E-state index in [4.69, 9.17) is 32.8 Å². The predicted octanol–water partition coefficient (Wildman–Crippen LogP) is 4.16. The molecule has 0 aliphatic carbocycles. The number of oxime groups is 1. The highest BCUT2D eigenvalue weighted by atomic mass is 35.5. The molecule has 2 aromatic rings. The van der Waals surface area contributed by atoms with Gasteiger partial charge in [-0.05, 0) is 17.7 Å². The van der Waals surface area contributed by atoms with Crippen LogP contribution in [-0.2, 0) is 20.9 Å². The molecule has 0 N–H and O–H groups in total. The Kier molecular flexibility index (Phi) is 6.72. The third-order valence-electron chi connectivity index (χ3n) is 4.28. The van der Waals surface area contributed by atoms with Gasteiger partial charge in [-0.15, -0.1) is 0 Å². The van der Waals surface area contributed by atoms with Gasteiger partial charge in [0.2, 0.25) is 5.91 Å². The molecule has 7 heteroatoms. The fourth-order valence-electron chi connectivity index (χ4n) is 2.93. The van der Waals surface area contributed by atoms with Gasteiger partial charge in [0.05, 0.1) is 12.3 Å². The second kappa shape index (κ2) is 9.22. The van der Waals surface area contributed by atoms with E-state index in [2.05, 4.69) is 5.16 Å². The normalized spacial score (nSPS) is 16.0. The van der Waals surface area contributed by atoms with E-state index >= 15 is 0 Å². The zero-order chi connectivity index (χ0) is 19.2. The van der Waals surface area contributed by atoms with Crippen molar-refractivity contribution in [3.8, 4) is 0 Å². The van der Waals surface area contributed by atoms with E-state index in [-0.39, 0.29) is 18.6 Å². The molecule has 1 heterocycles. The second-order valence-corrected chi connectivity index (χ2v) is 7.06. The lowest BCUT2D eigenvalue weighted by atomic mass is 10.0. The number of hydrogen-bond donors (Lipinski definition) is 0. The van der Waals surface area contributed by atoms with Crippen LogP contribution in [0.25, 0.3) is 0 Å². The number of hydrogen-bond acceptors (Lipinski definition) is 4. The summed E-state index contributed by atoms with van der Waals surface area (Å²) in [5.41, 5.74) is 2.50. The van der Waals surface area contributed by atoms with Crippen molar-refractivity contribution in [1.82, 2.24) is 4.90 Å². The second-order valence-electron chi connectivity index (χ2n) is 6.25. The molecule has 0 saturated carbocycles. The first-order chi connectivity index (χ1) is 13.1. The number of halogens is 2. The average molecular weight is 407 g/mol. The Bertz CT molecular complexity index is 841. The highest BCUT2D eigenvalue weighted by Crippen LogP contribution is 2.24. The van der Waals surface area contributed by atoms with Crippen molar-refractivity contribution >= 4 is 34.8 Å². The lowest BCUT2D eigenvalue weighted by Crippen LogP contribution is -2.39. The molecular weight excluding hydrogens is 387 g/mol. The monoisotopic (exact) mass is 406 g/mol. The van der Waals surface area contributed by atoms with E-state index in [1.54, 1.807) is 11.0 Å². The first-order valence-corrected chi connectivity index (χ1v) is 9.31. The summed E-state index contributed by atoms with van der Waals surface area (Å²) in [6.45, 7) is 0.753. The molecule has 0 bridgehead atoms. The number of carbonyl (C=O) groups excluding carboxylic acids is 1. The van der Waals surface area contributed by atoms with E-state index in [1.165, 1.54) is 7.11 Å². The summed E-state index contributed by atoms with van der Waals surface area (Å²) in [6, 6.07) is 15.0. The van der Waals surface area contributed by atoms with Crippen LogP contribution in [0.2, 0.25) is 10.0 Å². The average Bonchev–Trinajstić information content (AvgIpc) is 3.12. The van der Waals surface area contributed by atoms with Crippen molar-refractivity contribution < 1.29 is 14.4 Å². The standard InChI is InChI=1S/C20H20Cl2N2O3/c1-26-13-20(25)24(11-14-6-2-4-8-17(14)21)12-15-10-19(23-27-15)16-7-3-5-9-18(16)22/h2-9,15H,10-13H2,1H3. The number of nitrogens with zero attached hydrogens (tertiary/aromatic N) is 2. The van der Waals surface area contributed by atoms with Crippen molar-refractivity contribution in [2.24, 2.45) is 5.16 Å². The molecule has 27 heavy (non-hydrogen) atoms. The summed E-state index contributed by atoms with van der Waals surface area (Å²) in [5.74, 6) is -0.132. The molecule has 2 aromatic carbocycles. The van der Waals surface area contributed by atoms with Gasteiger partial charge in [-0.25, -0.2) is 0 Å². The fraction of sp³-hybridized carbons (Fsp3) is 0.300. The Morgan fingerprint density at radius 1 is 1.19 bits per heavy atom. The van der Waals surface area contributed by atoms with Gasteiger partial charge in [0.1, 0.15) is 6.61 Å². The summed E-state index contributed by atoms with van der Waals surface area (Å²) >= 11 is 12.5. The number of methoxy groups -OCH3 is 1. The maximum Gasteiger partial charge on any atom is 0.248 e. The molecule has 0 fully saturated rings. The highest BCUT2D eigenvalue weighted by molar-refractivity contribution is 6.34. The van der Waals surface area contributed by atoms with Gasteiger partial charge in [0.25, 0.3) is 0 Å². The molecule has 0 aromatic heterocycles. The third-order valence-corrected chi connectivity index (χ3v) is 4.98. The molecular formula is C20H20Cl2N2O3. The van der Waals surface area contributed by atoms with Crippen LogP contribution in [0.15, 0.2) is 53.7 Å². The van der Waals surface area contributed by atoms with Crippen molar-refractivity contribution in [1.29, 1.82) is 0 Å². The molecule has 1 aliphatic heterocycles. The summed E-state index contributed by atoms with van der Waals surface area (Å²) < 4.78 is 5.01. The molecule has 1 aliphatic rings. The van der Waals surface area contributed by atoms with Gasteiger partial charge in [-0.2, -0.15) is 0 Å². The van der Waals surface area contributed by atoms with Crippen molar-refractivity contribution in [2.75, 3.05) is 20.3 Å². The molecule has 5 nitrogen and oxygen atoms in total. The lowest BCUT2D eigenvalue weighted by molar-refractivity contribution is -0.137. The minimum atomic E-state index is -0.250. The van der Waals surface area contributed by atoms with Gasteiger partial charge in [0.15, 0.2) is 6.10 Å². The minimum Gasteiger partial charge on any atom is -0.390 e. The quantitative estimate of drug-likeness (QED) is 0.693. The molecule has 1 unspecified atom stereocenters. The van der Waals surface area contributed by atoms with Crippen molar-refractivity contribution in [3.05, 3.63) is 69.7 Å². The first-order valence-electron chi connectivity index (χ1n) is 8.56. The van der Waals surface area contributed by atoms with E-state index in [1.807, 2.05) is 42.5 Å². The minimum absolute atomic E-state index is 0.00456. The zero-order valence-electron chi connectivity index (χ0n) is 14.9. The summed E-state index contributed by atoms with van der Waals surface area (Å²) in [6.07, 6.45) is 0.322. The van der Waals surface area contributed by atoms with Crippen LogP contribution in [0.3, 0.4) is 0 Å². The zero-order valence-corrected chi connectivity index (χ0v) is 16.4. The summed E-state index contributed by atoms with van der Waals surface area (Å²) in [5, 5.41) is 5.42. The van der Waals surface area contributed by atoms with Gasteiger partial charge in [0, 0.05) is 35.7 Å². The number of carbonyl (C=O) groups is 1. The largest absolute Gasteiger partial charge is 0.390 e. The number of benzene rings is 2. The van der Waals surface area contributed by atoms with Crippen LogP contribution in [-0.4, -0.2) is 42.9 Å². The summed E-state index contributed by atoms with van der Waals surface area (Å²) in [4.78, 5) is 19.7. The Hall–Kier alpha value is -2.08. The topological polar surface area (TPSA) is 51.1 Å². The van der Waals surface area contributed by atoms with Gasteiger partial charge >= 0.3 is 0 Å². The Labute approximate surface area is 168 Å². The van der Waals surface area contributed by atoms with Crippen molar-refractivity contribution in [2.45, 2.75) is 19.1 Å². The van der Waals surface area contributed by atoms with Crippen LogP contribution < -0.4 is 0 Å². The fourth-order valence-corrected chi connectivity index (χ4v) is 3.37. The SMILES string of the molecule is COCC(=O)N(Cc1ccccc1Cl)CC1CC(c2ccccc2Cl)=NO1. The third kappa shape index (κ3) is 5.01. The number of rotatable bonds is 7. The molecule has 0 radical (unpaired) electrons. The van der Waals surface area contributed by atoms with Crippen LogP contribution in [0.5, 0.6) is 0 Å². The Morgan fingerprint density at radius 3 is 2.59 bits per heavy atom. The molecule has 1 atom stereocenters. The van der Waals surface area contributed by atoms with Crippen LogP contribution in [0.1, 0.15) is 17.5 Å². The smallest absolute Gasteiger partial charge is 0.248 e. The molecule has 0 saturated heterocycles. The van der Waals surface area contributed by atoms with E-state index in [0.717, 1.165) is 16.8 Å². The highest BCUT2D eigenvalue weighted by Gasteiger charge is 2.27. The maximum atomic E-state index is 12.5. The van der Waals surface area contributed by atoms with Gasteiger partial charge in [-0.1, -0.05) is 64.8 Å². The molecule has 142 valence electrons. The molecule has 0 spiro atoms. The predicted molar refractivity (Wildman–Crippen MR) is 106 cm³/mol. The molecule has 1 amide bonds. The van der Waals surface area contributed by atoms with E-state index in [0.29, 0.717) is 29.6 Å². The summed E-state index contributed by atoms with van der Waals surface area (Å²) in [7, 11) is 1.50. The van der Waals surface area contributed by atoms with Crippen molar-refractivity contribution in [3.63, 3.8) is 0 Å². The first kappa shape index (κ1) is 19.7. The maximum absolute atomic E-state index is 12.5. The van der Waals surface area contributed by atoms with Crippen LogP contribution in [0.4, 0.5) is 0 Å².